The predicted octanol–water partition coefficient (Wildman–Crippen LogP) is 2.72. The van der Waals surface area contributed by atoms with Crippen molar-refractivity contribution in [3.05, 3.63) is 35.2 Å². The number of fused-ring (bicyclic) bond motifs is 3. The zero-order chi connectivity index (χ0) is 12.7. The highest BCUT2D eigenvalue weighted by atomic mass is 16.1. The van der Waals surface area contributed by atoms with Crippen LogP contribution in [0.1, 0.15) is 29.7 Å². The van der Waals surface area contributed by atoms with E-state index < -0.39 is 0 Å². The van der Waals surface area contributed by atoms with Crippen molar-refractivity contribution in [3.63, 3.8) is 0 Å². The van der Waals surface area contributed by atoms with Crippen LogP contribution in [0.25, 0.3) is 5.52 Å². The number of anilines is 1. The molecule has 0 bridgehead atoms. The van der Waals surface area contributed by atoms with Crippen LogP contribution in [0.5, 0.6) is 0 Å². The van der Waals surface area contributed by atoms with Gasteiger partial charge in [-0.1, -0.05) is 0 Å². The van der Waals surface area contributed by atoms with Gasteiger partial charge in [-0.15, -0.1) is 0 Å². The molecular formula is C15H18N2O. The van der Waals surface area contributed by atoms with E-state index in [0.717, 1.165) is 18.5 Å². The molecule has 0 saturated carbocycles. The molecule has 1 aliphatic carbocycles. The Balaban J connectivity index is 2.34. The van der Waals surface area contributed by atoms with Gasteiger partial charge in [0.15, 0.2) is 0 Å². The molecule has 2 aromatic rings. The van der Waals surface area contributed by atoms with E-state index in [9.17, 15) is 4.79 Å². The van der Waals surface area contributed by atoms with Crippen LogP contribution in [-0.4, -0.2) is 17.9 Å². The molecule has 3 rings (SSSR count). The fourth-order valence-electron chi connectivity index (χ4n) is 3.14. The first kappa shape index (κ1) is 11.3. The molecule has 0 fully saturated rings. The predicted molar refractivity (Wildman–Crippen MR) is 73.2 cm³/mol. The molecule has 0 saturated heterocycles. The van der Waals surface area contributed by atoms with Gasteiger partial charge in [0.2, 0.25) is 6.41 Å². The lowest BCUT2D eigenvalue weighted by Crippen LogP contribution is -2.14. The first-order valence-corrected chi connectivity index (χ1v) is 6.53. The summed E-state index contributed by atoms with van der Waals surface area (Å²) in [7, 11) is 1.81. The van der Waals surface area contributed by atoms with Crippen molar-refractivity contribution in [2.24, 2.45) is 0 Å². The summed E-state index contributed by atoms with van der Waals surface area (Å²) in [4.78, 5) is 12.7. The number of carbonyl (C=O) groups excluding carboxylic acids is 1. The van der Waals surface area contributed by atoms with E-state index in [0.29, 0.717) is 0 Å². The molecule has 0 unspecified atom stereocenters. The van der Waals surface area contributed by atoms with Crippen molar-refractivity contribution in [2.75, 3.05) is 11.9 Å². The molecule has 0 radical (unpaired) electrons. The molecule has 2 heterocycles. The van der Waals surface area contributed by atoms with Gasteiger partial charge in [-0.05, 0) is 55.9 Å². The van der Waals surface area contributed by atoms with Crippen molar-refractivity contribution >= 4 is 17.6 Å². The van der Waals surface area contributed by atoms with Crippen LogP contribution in [0.2, 0.25) is 0 Å². The number of aryl methyl sites for hydroxylation is 2. The normalized spacial score (nSPS) is 14.6. The molecule has 94 valence electrons. The zero-order valence-electron chi connectivity index (χ0n) is 10.9. The summed E-state index contributed by atoms with van der Waals surface area (Å²) in [6, 6.07) is 4.04. The molecule has 0 atom stereocenters. The molecule has 1 aliphatic rings. The number of amides is 1. The third-order valence-electron chi connectivity index (χ3n) is 4.05. The third kappa shape index (κ3) is 1.47. The summed E-state index contributed by atoms with van der Waals surface area (Å²) in [5, 5.41) is 0. The minimum Gasteiger partial charge on any atom is -0.318 e. The molecule has 1 amide bonds. The van der Waals surface area contributed by atoms with E-state index in [1.54, 1.807) is 4.90 Å². The van der Waals surface area contributed by atoms with Crippen LogP contribution >= 0.6 is 0 Å². The third-order valence-corrected chi connectivity index (χ3v) is 4.05. The van der Waals surface area contributed by atoms with Gasteiger partial charge in [0.25, 0.3) is 0 Å². The van der Waals surface area contributed by atoms with Crippen molar-refractivity contribution in [3.8, 4) is 0 Å². The van der Waals surface area contributed by atoms with Crippen LogP contribution in [0.4, 0.5) is 5.69 Å². The lowest BCUT2D eigenvalue weighted by molar-refractivity contribution is -0.107. The quantitative estimate of drug-likeness (QED) is 0.743. The van der Waals surface area contributed by atoms with Crippen LogP contribution in [-0.2, 0) is 17.6 Å². The number of carbonyl (C=O) groups is 1. The smallest absolute Gasteiger partial charge is 0.213 e. The second-order valence-electron chi connectivity index (χ2n) is 5.09. The van der Waals surface area contributed by atoms with E-state index in [1.165, 1.54) is 41.6 Å². The van der Waals surface area contributed by atoms with Gasteiger partial charge in [0, 0.05) is 18.9 Å². The van der Waals surface area contributed by atoms with Gasteiger partial charge in [0.1, 0.15) is 0 Å². The summed E-state index contributed by atoms with van der Waals surface area (Å²) in [5.41, 5.74) is 6.47. The number of hydrogen-bond acceptors (Lipinski definition) is 1. The highest BCUT2D eigenvalue weighted by Crippen LogP contribution is 2.34. The van der Waals surface area contributed by atoms with E-state index in [-0.39, 0.29) is 0 Å². The van der Waals surface area contributed by atoms with Gasteiger partial charge in [0.05, 0.1) is 11.2 Å². The Morgan fingerprint density at radius 3 is 2.89 bits per heavy atom. The number of nitrogens with zero attached hydrogens (tertiary/aromatic N) is 2. The van der Waals surface area contributed by atoms with Crippen LogP contribution < -0.4 is 4.90 Å². The summed E-state index contributed by atoms with van der Waals surface area (Å²) >= 11 is 0. The topological polar surface area (TPSA) is 24.7 Å². The molecule has 2 aromatic heterocycles. The van der Waals surface area contributed by atoms with Crippen LogP contribution in [0, 0.1) is 6.92 Å². The highest BCUT2D eigenvalue weighted by Gasteiger charge is 2.20. The Morgan fingerprint density at radius 1 is 1.33 bits per heavy atom. The van der Waals surface area contributed by atoms with Gasteiger partial charge < -0.3 is 9.30 Å². The lowest BCUT2D eigenvalue weighted by atomic mass is 9.95. The first-order valence-electron chi connectivity index (χ1n) is 6.53. The molecular weight excluding hydrogens is 224 g/mol. The largest absolute Gasteiger partial charge is 0.318 e. The summed E-state index contributed by atoms with van der Waals surface area (Å²) in [5.74, 6) is 0. The SMILES string of the molecule is Cc1c2c(n3cccc(N(C)C=O)c13)CCCC2. The van der Waals surface area contributed by atoms with Gasteiger partial charge in [-0.2, -0.15) is 0 Å². The molecule has 18 heavy (non-hydrogen) atoms. The zero-order valence-corrected chi connectivity index (χ0v) is 10.9. The van der Waals surface area contributed by atoms with E-state index in [1.807, 2.05) is 19.2 Å². The first-order chi connectivity index (χ1) is 8.74. The Bertz CT molecular complexity index is 612. The number of rotatable bonds is 2. The van der Waals surface area contributed by atoms with E-state index >= 15 is 0 Å². The molecule has 0 spiro atoms. The fraction of sp³-hybridized carbons (Fsp3) is 0.400. The van der Waals surface area contributed by atoms with Crippen molar-refractivity contribution in [2.45, 2.75) is 32.6 Å². The fourth-order valence-corrected chi connectivity index (χ4v) is 3.14. The lowest BCUT2D eigenvalue weighted by Gasteiger charge is -2.14. The highest BCUT2D eigenvalue weighted by molar-refractivity contribution is 5.87. The Hall–Kier alpha value is -1.77. The number of pyridine rings is 1. The average molecular weight is 242 g/mol. The van der Waals surface area contributed by atoms with Crippen LogP contribution in [0.15, 0.2) is 18.3 Å². The molecule has 0 N–H and O–H groups in total. The maximum atomic E-state index is 11.0. The molecule has 0 aliphatic heterocycles. The maximum absolute atomic E-state index is 11.0. The Morgan fingerprint density at radius 2 is 2.11 bits per heavy atom. The van der Waals surface area contributed by atoms with Crippen molar-refractivity contribution in [1.29, 1.82) is 0 Å². The summed E-state index contributed by atoms with van der Waals surface area (Å²) in [6.45, 7) is 2.18. The summed E-state index contributed by atoms with van der Waals surface area (Å²) in [6.07, 6.45) is 7.87. The van der Waals surface area contributed by atoms with Crippen molar-refractivity contribution < 1.29 is 4.79 Å². The second-order valence-corrected chi connectivity index (χ2v) is 5.09. The van der Waals surface area contributed by atoms with E-state index in [4.69, 9.17) is 0 Å². The number of hydrogen-bond donors (Lipinski definition) is 0. The number of aromatic nitrogens is 1. The molecule has 3 heteroatoms. The van der Waals surface area contributed by atoms with Gasteiger partial charge in [-0.3, -0.25) is 4.79 Å². The maximum Gasteiger partial charge on any atom is 0.213 e. The molecule has 3 nitrogen and oxygen atoms in total. The van der Waals surface area contributed by atoms with Crippen molar-refractivity contribution in [1.82, 2.24) is 4.40 Å². The van der Waals surface area contributed by atoms with Gasteiger partial charge >= 0.3 is 0 Å². The van der Waals surface area contributed by atoms with Gasteiger partial charge in [-0.25, -0.2) is 0 Å². The van der Waals surface area contributed by atoms with E-state index in [2.05, 4.69) is 17.5 Å². The minimum atomic E-state index is 0.876. The average Bonchev–Trinajstić information content (AvgIpc) is 2.72. The monoisotopic (exact) mass is 242 g/mol. The second kappa shape index (κ2) is 4.16. The Labute approximate surface area is 107 Å². The standard InChI is InChI=1S/C15H18N2O/c1-11-12-6-3-4-7-13(12)17-9-5-8-14(15(11)17)16(2)10-18/h5,8-10H,3-4,6-7H2,1-2H3. The van der Waals surface area contributed by atoms with Crippen LogP contribution in [0.3, 0.4) is 0 Å². The Kier molecular flexibility index (Phi) is 2.62. The minimum absolute atomic E-state index is 0.876. The summed E-state index contributed by atoms with van der Waals surface area (Å²) < 4.78 is 2.28. The molecule has 0 aromatic carbocycles.